The predicted octanol–water partition coefficient (Wildman–Crippen LogP) is 3.80. The average Bonchev–Trinajstić information content (AvgIpc) is 2.91. The highest BCUT2D eigenvalue weighted by Gasteiger charge is 2.27. The molecular formula is C29H33N5O2. The second kappa shape index (κ2) is 10.6. The molecule has 0 saturated carbocycles. The van der Waals surface area contributed by atoms with Gasteiger partial charge in [0.2, 0.25) is 0 Å². The molecule has 3 aromatic heterocycles. The first-order chi connectivity index (χ1) is 17.5. The van der Waals surface area contributed by atoms with Gasteiger partial charge in [0.1, 0.15) is 0 Å². The normalized spacial score (nSPS) is 16.1. The van der Waals surface area contributed by atoms with E-state index in [-0.39, 0.29) is 18.1 Å². The van der Waals surface area contributed by atoms with Crippen molar-refractivity contribution in [2.75, 3.05) is 18.0 Å². The van der Waals surface area contributed by atoms with E-state index in [0.717, 1.165) is 65.9 Å². The first kappa shape index (κ1) is 24.2. The Morgan fingerprint density at radius 2 is 1.97 bits per heavy atom. The molecule has 5 rings (SSSR count). The van der Waals surface area contributed by atoms with Crippen LogP contribution < -0.4 is 10.3 Å². The summed E-state index contributed by atoms with van der Waals surface area (Å²) in [5.41, 5.74) is 5.90. The van der Waals surface area contributed by atoms with Gasteiger partial charge in [-0.1, -0.05) is 12.1 Å². The molecule has 1 atom stereocenters. The molecule has 0 radical (unpaired) electrons. The summed E-state index contributed by atoms with van der Waals surface area (Å²) in [4.78, 5) is 27.0. The molecular weight excluding hydrogens is 450 g/mol. The summed E-state index contributed by atoms with van der Waals surface area (Å²) in [5, 5.41) is 10.3. The summed E-state index contributed by atoms with van der Waals surface area (Å²) in [7, 11) is 2.01. The molecule has 0 aliphatic carbocycles. The Labute approximate surface area is 211 Å². The molecule has 0 amide bonds. The van der Waals surface area contributed by atoms with Crippen LogP contribution in [0.1, 0.15) is 35.2 Å². The number of hydrogen-bond donors (Lipinski definition) is 1. The summed E-state index contributed by atoms with van der Waals surface area (Å²) in [6.07, 6.45) is 9.54. The fraction of sp³-hybridized carbons (Fsp3) is 0.345. The number of benzene rings is 1. The Balaban J connectivity index is 1.47. The quantitative estimate of drug-likeness (QED) is 0.431. The van der Waals surface area contributed by atoms with Gasteiger partial charge in [-0.15, -0.1) is 0 Å². The minimum absolute atomic E-state index is 0.0170. The van der Waals surface area contributed by atoms with Crippen LogP contribution in [0.3, 0.4) is 0 Å². The predicted molar refractivity (Wildman–Crippen MR) is 143 cm³/mol. The Hall–Kier alpha value is -3.55. The minimum atomic E-state index is -0.0170. The van der Waals surface area contributed by atoms with E-state index in [2.05, 4.69) is 36.5 Å². The molecule has 1 N–H and O–H groups in total. The van der Waals surface area contributed by atoms with Crippen LogP contribution in [0.15, 0.2) is 72.0 Å². The second-order valence-corrected chi connectivity index (χ2v) is 9.77. The van der Waals surface area contributed by atoms with Crippen molar-refractivity contribution in [3.63, 3.8) is 0 Å². The average molecular weight is 484 g/mol. The third-order valence-corrected chi connectivity index (χ3v) is 7.13. The van der Waals surface area contributed by atoms with Crippen molar-refractivity contribution in [2.24, 2.45) is 7.05 Å². The number of aromatic nitrogens is 3. The number of rotatable bonds is 7. The van der Waals surface area contributed by atoms with Gasteiger partial charge in [-0.05, 0) is 61.2 Å². The fourth-order valence-corrected chi connectivity index (χ4v) is 5.31. The highest BCUT2D eigenvalue weighted by atomic mass is 16.3. The van der Waals surface area contributed by atoms with Crippen molar-refractivity contribution in [3.05, 3.63) is 99.9 Å². The number of nitrogens with zero attached hydrogens (tertiary/aromatic N) is 5. The van der Waals surface area contributed by atoms with Gasteiger partial charge in [-0.2, -0.15) is 0 Å². The van der Waals surface area contributed by atoms with Crippen molar-refractivity contribution in [1.29, 1.82) is 0 Å². The van der Waals surface area contributed by atoms with E-state index in [1.165, 1.54) is 5.56 Å². The third-order valence-electron chi connectivity index (χ3n) is 7.13. The van der Waals surface area contributed by atoms with Gasteiger partial charge in [-0.3, -0.25) is 19.7 Å². The minimum Gasteiger partial charge on any atom is -0.392 e. The van der Waals surface area contributed by atoms with Gasteiger partial charge in [0.05, 0.1) is 24.0 Å². The zero-order chi connectivity index (χ0) is 25.1. The van der Waals surface area contributed by atoms with Crippen molar-refractivity contribution in [1.82, 2.24) is 19.4 Å². The summed E-state index contributed by atoms with van der Waals surface area (Å²) in [6.45, 7) is 5.11. The highest BCUT2D eigenvalue weighted by molar-refractivity contribution is 5.79. The number of fused-ring (bicyclic) bond motifs is 1. The second-order valence-electron chi connectivity index (χ2n) is 9.77. The standard InChI is InChI=1S/C29H33N5O2/c1-21-12-22(9-10-31-21)16-34(18-24-17-32(2)28-8-4-3-7-27(28)29(24)36)25-6-5-11-33(19-25)26-13-23(20-35)14-30-15-26/h3-4,7-10,12-15,17,25,35H,5-6,11,16,18-20H2,1-2H3/t25-/m0/s1. The number of para-hydroxylation sites is 1. The molecule has 1 aliphatic rings. The summed E-state index contributed by atoms with van der Waals surface area (Å²) < 4.78 is 2.06. The van der Waals surface area contributed by atoms with E-state index in [1.807, 2.05) is 62.9 Å². The number of hydrogen-bond acceptors (Lipinski definition) is 6. The number of aliphatic hydroxyl groups is 1. The van der Waals surface area contributed by atoms with Crippen LogP contribution in [0, 0.1) is 6.92 Å². The van der Waals surface area contributed by atoms with Gasteiger partial charge in [0.15, 0.2) is 5.43 Å². The van der Waals surface area contributed by atoms with Crippen LogP contribution in [-0.2, 0) is 26.7 Å². The molecule has 0 unspecified atom stereocenters. The first-order valence-electron chi connectivity index (χ1n) is 12.5. The zero-order valence-corrected chi connectivity index (χ0v) is 21.0. The van der Waals surface area contributed by atoms with E-state index in [4.69, 9.17) is 0 Å². The molecule has 7 nitrogen and oxygen atoms in total. The maximum absolute atomic E-state index is 13.5. The van der Waals surface area contributed by atoms with E-state index in [1.54, 1.807) is 6.20 Å². The van der Waals surface area contributed by atoms with Crippen LogP contribution in [0.2, 0.25) is 0 Å². The topological polar surface area (TPSA) is 74.5 Å². The maximum atomic E-state index is 13.5. The Kier molecular flexibility index (Phi) is 7.11. The monoisotopic (exact) mass is 483 g/mol. The molecule has 186 valence electrons. The molecule has 1 aromatic carbocycles. The summed E-state index contributed by atoms with van der Waals surface area (Å²) in [5.74, 6) is 0. The van der Waals surface area contributed by atoms with Crippen LogP contribution >= 0.6 is 0 Å². The van der Waals surface area contributed by atoms with Crippen molar-refractivity contribution in [3.8, 4) is 0 Å². The van der Waals surface area contributed by atoms with Crippen molar-refractivity contribution in [2.45, 2.75) is 45.5 Å². The molecule has 4 aromatic rings. The number of anilines is 1. The van der Waals surface area contributed by atoms with E-state index in [9.17, 15) is 9.90 Å². The lowest BCUT2D eigenvalue weighted by Gasteiger charge is -2.40. The number of piperidine rings is 1. The fourth-order valence-electron chi connectivity index (χ4n) is 5.31. The lowest BCUT2D eigenvalue weighted by Crippen LogP contribution is -2.48. The molecule has 1 fully saturated rings. The smallest absolute Gasteiger partial charge is 0.193 e. The van der Waals surface area contributed by atoms with Crippen LogP contribution in [0.25, 0.3) is 10.9 Å². The van der Waals surface area contributed by atoms with E-state index in [0.29, 0.717) is 6.54 Å². The first-order valence-corrected chi connectivity index (χ1v) is 12.5. The highest BCUT2D eigenvalue weighted by Crippen LogP contribution is 2.25. The van der Waals surface area contributed by atoms with Crippen LogP contribution in [-0.4, -0.2) is 43.7 Å². The number of aliphatic hydroxyl groups excluding tert-OH is 1. The Morgan fingerprint density at radius 3 is 2.81 bits per heavy atom. The van der Waals surface area contributed by atoms with E-state index < -0.39 is 0 Å². The maximum Gasteiger partial charge on any atom is 0.193 e. The summed E-state index contributed by atoms with van der Waals surface area (Å²) in [6, 6.07) is 14.3. The number of pyridine rings is 3. The largest absolute Gasteiger partial charge is 0.392 e. The molecule has 0 bridgehead atoms. The molecule has 1 saturated heterocycles. The summed E-state index contributed by atoms with van der Waals surface area (Å²) >= 11 is 0. The van der Waals surface area contributed by atoms with Gasteiger partial charge in [0.25, 0.3) is 0 Å². The molecule has 1 aliphatic heterocycles. The van der Waals surface area contributed by atoms with Crippen molar-refractivity contribution < 1.29 is 5.11 Å². The van der Waals surface area contributed by atoms with Crippen LogP contribution in [0.5, 0.6) is 0 Å². The lowest BCUT2D eigenvalue weighted by molar-refractivity contribution is 0.158. The van der Waals surface area contributed by atoms with Gasteiger partial charge in [-0.25, -0.2) is 0 Å². The van der Waals surface area contributed by atoms with Crippen molar-refractivity contribution >= 4 is 16.6 Å². The molecule has 0 spiro atoms. The van der Waals surface area contributed by atoms with Gasteiger partial charge >= 0.3 is 0 Å². The van der Waals surface area contributed by atoms with E-state index >= 15 is 0 Å². The SMILES string of the molecule is Cc1cc(CN(Cc2cn(C)c3ccccc3c2=O)[C@H]2CCCN(c3cncc(CO)c3)C2)ccn1. The van der Waals surface area contributed by atoms with Gasteiger partial charge in [0, 0.05) is 74.5 Å². The lowest BCUT2D eigenvalue weighted by atomic mass is 10.0. The Morgan fingerprint density at radius 1 is 1.11 bits per heavy atom. The molecule has 36 heavy (non-hydrogen) atoms. The molecule has 7 heteroatoms. The third kappa shape index (κ3) is 5.17. The van der Waals surface area contributed by atoms with Gasteiger partial charge < -0.3 is 14.6 Å². The number of aryl methyl sites for hydroxylation is 2. The van der Waals surface area contributed by atoms with Crippen LogP contribution in [0.4, 0.5) is 5.69 Å². The zero-order valence-electron chi connectivity index (χ0n) is 21.0. The Bertz CT molecular complexity index is 1420. The molecule has 4 heterocycles.